The Kier molecular flexibility index (Phi) is 6.01. The van der Waals surface area contributed by atoms with Crippen LogP contribution >= 0.6 is 0 Å². The third-order valence-electron chi connectivity index (χ3n) is 4.97. The van der Waals surface area contributed by atoms with E-state index in [1.54, 1.807) is 12.1 Å². The first-order chi connectivity index (χ1) is 13.9. The third-order valence-corrected chi connectivity index (χ3v) is 4.97. The molecule has 0 aliphatic carbocycles. The molecule has 0 bridgehead atoms. The van der Waals surface area contributed by atoms with E-state index in [1.807, 2.05) is 20.8 Å². The molecule has 6 heteroatoms. The van der Waals surface area contributed by atoms with Crippen LogP contribution < -0.4 is 9.47 Å². The van der Waals surface area contributed by atoms with Crippen LogP contribution in [0, 0.1) is 0 Å². The molecule has 6 nitrogen and oxygen atoms in total. The zero-order chi connectivity index (χ0) is 21.1. The van der Waals surface area contributed by atoms with Gasteiger partial charge < -0.3 is 24.8 Å². The Bertz CT molecular complexity index is 960. The van der Waals surface area contributed by atoms with E-state index in [-0.39, 0.29) is 41.0 Å². The molecule has 0 unspecified atom stereocenters. The van der Waals surface area contributed by atoms with Gasteiger partial charge in [0, 0.05) is 29.7 Å². The number of phenolic OH excluding ortho intramolecular Hbond substituents is 3. The maximum Gasteiger partial charge on any atom is 0.181 e. The summed E-state index contributed by atoms with van der Waals surface area (Å²) in [6.07, 6.45) is 3.46. The number of hydrogen-bond donors (Lipinski definition) is 3. The second-order valence-corrected chi connectivity index (χ2v) is 7.12. The fourth-order valence-electron chi connectivity index (χ4n) is 3.70. The number of ketones is 1. The van der Waals surface area contributed by atoms with Crippen LogP contribution in [0.3, 0.4) is 0 Å². The van der Waals surface area contributed by atoms with Gasteiger partial charge in [-0.3, -0.25) is 4.79 Å². The fourth-order valence-corrected chi connectivity index (χ4v) is 3.70. The van der Waals surface area contributed by atoms with Gasteiger partial charge >= 0.3 is 0 Å². The number of allylic oxidation sites excluding steroid dienone is 2. The van der Waals surface area contributed by atoms with Crippen molar-refractivity contribution in [1.82, 2.24) is 0 Å². The van der Waals surface area contributed by atoms with Crippen molar-refractivity contribution in [1.29, 1.82) is 0 Å². The quantitative estimate of drug-likeness (QED) is 0.622. The minimum Gasteiger partial charge on any atom is -0.508 e. The molecule has 1 heterocycles. The molecule has 154 valence electrons. The molecule has 3 N–H and O–H groups in total. The number of carbonyl (C=O) groups is 1. The minimum absolute atomic E-state index is 0.0400. The number of carbonyl (C=O) groups excluding carboxylic acids is 1. The van der Waals surface area contributed by atoms with E-state index in [0.717, 1.165) is 18.1 Å². The smallest absolute Gasteiger partial charge is 0.181 e. The first kappa shape index (κ1) is 20.6. The zero-order valence-corrected chi connectivity index (χ0v) is 16.9. The predicted molar refractivity (Wildman–Crippen MR) is 109 cm³/mol. The summed E-state index contributed by atoms with van der Waals surface area (Å²) in [4.78, 5) is 13.2. The van der Waals surface area contributed by atoms with Crippen LogP contribution in [0.2, 0.25) is 0 Å². The SMILES string of the molecule is CCC=C(C)Cc1c(O)ccc([C@@H]2COc3cc(O)cc(O)c3C2=O)c1OCC. The summed E-state index contributed by atoms with van der Waals surface area (Å²) >= 11 is 0. The Hall–Kier alpha value is -3.15. The van der Waals surface area contributed by atoms with Gasteiger partial charge in [0.05, 0.1) is 12.5 Å². The average molecular weight is 398 g/mol. The van der Waals surface area contributed by atoms with Crippen molar-refractivity contribution in [2.24, 2.45) is 0 Å². The van der Waals surface area contributed by atoms with E-state index in [4.69, 9.17) is 9.47 Å². The summed E-state index contributed by atoms with van der Waals surface area (Å²) in [7, 11) is 0. The van der Waals surface area contributed by atoms with Crippen LogP contribution in [-0.4, -0.2) is 34.3 Å². The molecule has 1 aliphatic heterocycles. The van der Waals surface area contributed by atoms with Crippen molar-refractivity contribution in [3.8, 4) is 28.7 Å². The predicted octanol–water partition coefficient (Wildman–Crippen LogP) is 4.46. The third kappa shape index (κ3) is 4.01. The number of aromatic hydroxyl groups is 3. The van der Waals surface area contributed by atoms with E-state index in [2.05, 4.69) is 6.08 Å². The van der Waals surface area contributed by atoms with Crippen molar-refractivity contribution < 1.29 is 29.6 Å². The van der Waals surface area contributed by atoms with Crippen LogP contribution in [-0.2, 0) is 6.42 Å². The van der Waals surface area contributed by atoms with Crippen LogP contribution in [0.4, 0.5) is 0 Å². The monoisotopic (exact) mass is 398 g/mol. The van der Waals surface area contributed by atoms with Gasteiger partial charge in [-0.15, -0.1) is 0 Å². The molecule has 0 spiro atoms. The molecular weight excluding hydrogens is 372 g/mol. The molecule has 0 amide bonds. The zero-order valence-electron chi connectivity index (χ0n) is 16.9. The van der Waals surface area contributed by atoms with Gasteiger partial charge in [0.2, 0.25) is 0 Å². The van der Waals surface area contributed by atoms with Crippen molar-refractivity contribution >= 4 is 5.78 Å². The Morgan fingerprint density at radius 3 is 2.66 bits per heavy atom. The summed E-state index contributed by atoms with van der Waals surface area (Å²) in [5.41, 5.74) is 2.36. The number of rotatable bonds is 6. The summed E-state index contributed by atoms with van der Waals surface area (Å²) in [5.74, 6) is -0.779. The van der Waals surface area contributed by atoms with Gasteiger partial charge in [0.1, 0.15) is 40.9 Å². The Morgan fingerprint density at radius 2 is 1.97 bits per heavy atom. The molecule has 0 aromatic heterocycles. The molecule has 29 heavy (non-hydrogen) atoms. The van der Waals surface area contributed by atoms with E-state index in [0.29, 0.717) is 29.9 Å². The standard InChI is InChI=1S/C23H26O6/c1-4-6-13(3)9-16-18(25)8-7-15(23(16)28-5-2)17-12-29-20-11-14(24)10-19(26)21(20)22(17)27/h6-8,10-11,17,24-26H,4-5,9,12H2,1-3H3/t17-/m0/s1. The maximum absolute atomic E-state index is 13.2. The van der Waals surface area contributed by atoms with Gasteiger partial charge in [-0.1, -0.05) is 24.6 Å². The lowest BCUT2D eigenvalue weighted by molar-refractivity contribution is 0.0889. The first-order valence-corrected chi connectivity index (χ1v) is 9.73. The van der Waals surface area contributed by atoms with Gasteiger partial charge in [-0.2, -0.15) is 0 Å². The van der Waals surface area contributed by atoms with Crippen LogP contribution in [0.5, 0.6) is 28.7 Å². The summed E-state index contributed by atoms with van der Waals surface area (Å²) < 4.78 is 11.5. The van der Waals surface area contributed by atoms with E-state index in [1.165, 1.54) is 6.07 Å². The number of benzene rings is 2. The lowest BCUT2D eigenvalue weighted by Gasteiger charge is -2.27. The molecule has 0 saturated heterocycles. The molecular formula is C23H26O6. The second kappa shape index (κ2) is 8.47. The van der Waals surface area contributed by atoms with E-state index < -0.39 is 5.92 Å². The molecule has 2 aromatic rings. The summed E-state index contributed by atoms with van der Waals surface area (Å²) in [5, 5.41) is 30.3. The molecule has 0 saturated carbocycles. The summed E-state index contributed by atoms with van der Waals surface area (Å²) in [6.45, 7) is 6.29. The van der Waals surface area contributed by atoms with E-state index >= 15 is 0 Å². The number of phenols is 3. The van der Waals surface area contributed by atoms with Crippen LogP contribution in [0.1, 0.15) is 54.6 Å². The molecule has 3 rings (SSSR count). The van der Waals surface area contributed by atoms with Crippen LogP contribution in [0.15, 0.2) is 35.9 Å². The number of hydrogen-bond acceptors (Lipinski definition) is 6. The minimum atomic E-state index is -0.700. The highest BCUT2D eigenvalue weighted by Crippen LogP contribution is 2.44. The second-order valence-electron chi connectivity index (χ2n) is 7.12. The lowest BCUT2D eigenvalue weighted by atomic mass is 9.86. The molecule has 0 radical (unpaired) electrons. The normalized spacial score (nSPS) is 16.3. The Labute approximate surface area is 170 Å². The molecule has 1 aliphatic rings. The topological polar surface area (TPSA) is 96.2 Å². The highest BCUT2D eigenvalue weighted by Gasteiger charge is 2.35. The van der Waals surface area contributed by atoms with Crippen molar-refractivity contribution in [2.45, 2.75) is 39.5 Å². The highest BCUT2D eigenvalue weighted by molar-refractivity contribution is 6.07. The molecule has 1 atom stereocenters. The fraction of sp³-hybridized carbons (Fsp3) is 0.348. The Morgan fingerprint density at radius 1 is 1.21 bits per heavy atom. The lowest BCUT2D eigenvalue weighted by Crippen LogP contribution is -2.27. The molecule has 2 aromatic carbocycles. The molecule has 0 fully saturated rings. The number of fused-ring (bicyclic) bond motifs is 1. The van der Waals surface area contributed by atoms with Crippen molar-refractivity contribution in [3.05, 3.63) is 52.6 Å². The van der Waals surface area contributed by atoms with Gasteiger partial charge in [0.25, 0.3) is 0 Å². The highest BCUT2D eigenvalue weighted by atomic mass is 16.5. The first-order valence-electron chi connectivity index (χ1n) is 9.73. The Balaban J connectivity index is 2.08. The van der Waals surface area contributed by atoms with Gasteiger partial charge in [0.15, 0.2) is 5.78 Å². The van der Waals surface area contributed by atoms with Gasteiger partial charge in [-0.25, -0.2) is 0 Å². The number of Topliss-reactive ketones (excluding diaryl/α,β-unsaturated/α-hetero) is 1. The maximum atomic E-state index is 13.2. The van der Waals surface area contributed by atoms with E-state index in [9.17, 15) is 20.1 Å². The van der Waals surface area contributed by atoms with Gasteiger partial charge in [-0.05, 0) is 26.3 Å². The van der Waals surface area contributed by atoms with Crippen LogP contribution in [0.25, 0.3) is 0 Å². The largest absolute Gasteiger partial charge is 0.508 e. The summed E-state index contributed by atoms with van der Waals surface area (Å²) in [6, 6.07) is 5.66. The van der Waals surface area contributed by atoms with Crippen molar-refractivity contribution in [3.63, 3.8) is 0 Å². The number of ether oxygens (including phenoxy) is 2. The average Bonchev–Trinajstić information content (AvgIpc) is 2.65. The van der Waals surface area contributed by atoms with Crippen molar-refractivity contribution in [2.75, 3.05) is 13.2 Å².